The van der Waals surface area contributed by atoms with Crippen molar-refractivity contribution < 1.29 is 4.79 Å². The summed E-state index contributed by atoms with van der Waals surface area (Å²) in [6.45, 7) is 5.87. The van der Waals surface area contributed by atoms with Crippen LogP contribution in [0.4, 0.5) is 0 Å². The maximum atomic E-state index is 11.1. The van der Waals surface area contributed by atoms with E-state index in [1.165, 1.54) is 0 Å². The smallest absolute Gasteiger partial charge is 0.250 e. The number of aromatic nitrogens is 1. The van der Waals surface area contributed by atoms with Crippen molar-refractivity contribution in [3.63, 3.8) is 0 Å². The molecule has 3 heteroatoms. The summed E-state index contributed by atoms with van der Waals surface area (Å²) in [6, 6.07) is 1.78. The average Bonchev–Trinajstić information content (AvgIpc) is 2.03. The molecule has 0 saturated carbocycles. The Labute approximate surface area is 78.0 Å². The van der Waals surface area contributed by atoms with Gasteiger partial charge in [0.1, 0.15) is 0 Å². The van der Waals surface area contributed by atoms with Gasteiger partial charge in [0.05, 0.1) is 11.3 Å². The van der Waals surface area contributed by atoms with E-state index in [0.717, 1.165) is 11.3 Å². The van der Waals surface area contributed by atoms with E-state index in [1.54, 1.807) is 12.3 Å². The lowest BCUT2D eigenvalue weighted by atomic mass is 10.0. The fourth-order valence-electron chi connectivity index (χ4n) is 1.24. The van der Waals surface area contributed by atoms with Crippen LogP contribution in [0.3, 0.4) is 0 Å². The molecule has 0 atom stereocenters. The summed E-state index contributed by atoms with van der Waals surface area (Å²) in [5, 5.41) is 0. The number of amides is 1. The van der Waals surface area contributed by atoms with Crippen molar-refractivity contribution in [2.75, 3.05) is 0 Å². The summed E-state index contributed by atoms with van der Waals surface area (Å²) in [4.78, 5) is 15.3. The predicted molar refractivity (Wildman–Crippen MR) is 51.6 cm³/mol. The molecule has 1 aromatic rings. The molecule has 1 heterocycles. The van der Waals surface area contributed by atoms with Crippen LogP contribution in [0.15, 0.2) is 12.3 Å². The summed E-state index contributed by atoms with van der Waals surface area (Å²) >= 11 is 0. The van der Waals surface area contributed by atoms with Crippen LogP contribution in [0.1, 0.15) is 41.4 Å². The van der Waals surface area contributed by atoms with Crippen LogP contribution < -0.4 is 5.73 Å². The van der Waals surface area contributed by atoms with Gasteiger partial charge in [-0.15, -0.1) is 0 Å². The van der Waals surface area contributed by atoms with Crippen LogP contribution in [0, 0.1) is 6.92 Å². The maximum absolute atomic E-state index is 11.1. The van der Waals surface area contributed by atoms with Crippen LogP contribution in [0.25, 0.3) is 0 Å². The first kappa shape index (κ1) is 9.71. The number of nitrogens with two attached hydrogens (primary N) is 1. The van der Waals surface area contributed by atoms with E-state index in [1.807, 2.05) is 20.8 Å². The van der Waals surface area contributed by atoms with E-state index in [0.29, 0.717) is 5.56 Å². The van der Waals surface area contributed by atoms with Gasteiger partial charge in [-0.3, -0.25) is 9.78 Å². The molecule has 1 aromatic heterocycles. The van der Waals surface area contributed by atoms with Gasteiger partial charge in [0, 0.05) is 6.20 Å². The molecule has 13 heavy (non-hydrogen) atoms. The highest BCUT2D eigenvalue weighted by Crippen LogP contribution is 2.17. The van der Waals surface area contributed by atoms with E-state index >= 15 is 0 Å². The van der Waals surface area contributed by atoms with E-state index in [-0.39, 0.29) is 5.92 Å². The molecule has 0 saturated heterocycles. The molecule has 0 aromatic carbocycles. The molecular weight excluding hydrogens is 164 g/mol. The summed E-state index contributed by atoms with van der Waals surface area (Å²) in [7, 11) is 0. The van der Waals surface area contributed by atoms with Crippen molar-refractivity contribution in [1.29, 1.82) is 0 Å². The molecule has 70 valence electrons. The number of nitrogens with zero attached hydrogens (tertiary/aromatic N) is 1. The minimum absolute atomic E-state index is 0.225. The summed E-state index contributed by atoms with van der Waals surface area (Å²) in [5.41, 5.74) is 7.51. The Kier molecular flexibility index (Phi) is 2.66. The first-order valence-electron chi connectivity index (χ1n) is 4.28. The Morgan fingerprint density at radius 2 is 2.15 bits per heavy atom. The second kappa shape index (κ2) is 3.56. The van der Waals surface area contributed by atoms with Crippen molar-refractivity contribution >= 4 is 5.91 Å². The average molecular weight is 178 g/mol. The number of primary amides is 1. The molecule has 0 radical (unpaired) electrons. The van der Waals surface area contributed by atoms with Crippen molar-refractivity contribution in [2.45, 2.75) is 26.7 Å². The van der Waals surface area contributed by atoms with E-state index in [4.69, 9.17) is 5.73 Å². The van der Waals surface area contributed by atoms with Crippen molar-refractivity contribution in [2.24, 2.45) is 5.73 Å². The first-order valence-corrected chi connectivity index (χ1v) is 4.28. The summed E-state index contributed by atoms with van der Waals surface area (Å²) in [5.74, 6) is -0.178. The molecule has 1 amide bonds. The molecule has 0 spiro atoms. The summed E-state index contributed by atoms with van der Waals surface area (Å²) in [6.07, 6.45) is 1.75. The van der Waals surface area contributed by atoms with Crippen LogP contribution in [0.5, 0.6) is 0 Å². The Bertz CT molecular complexity index is 332. The number of carbonyl (C=O) groups is 1. The third-order valence-electron chi connectivity index (χ3n) is 1.87. The van der Waals surface area contributed by atoms with Crippen molar-refractivity contribution in [1.82, 2.24) is 4.98 Å². The quantitative estimate of drug-likeness (QED) is 0.748. The van der Waals surface area contributed by atoms with Crippen LogP contribution >= 0.6 is 0 Å². The topological polar surface area (TPSA) is 56.0 Å². The molecule has 2 N–H and O–H groups in total. The fraction of sp³-hybridized carbons (Fsp3) is 0.400. The lowest BCUT2D eigenvalue weighted by Gasteiger charge is -2.09. The third-order valence-corrected chi connectivity index (χ3v) is 1.87. The van der Waals surface area contributed by atoms with Crippen molar-refractivity contribution in [3.8, 4) is 0 Å². The maximum Gasteiger partial charge on any atom is 0.250 e. The number of rotatable bonds is 2. The SMILES string of the molecule is Cc1cnc(C(C)C)c(C(N)=O)c1. The number of carbonyl (C=O) groups excluding carboxylic acids is 1. The molecular formula is C10H14N2O. The molecule has 0 aliphatic carbocycles. The zero-order valence-corrected chi connectivity index (χ0v) is 8.16. The molecule has 1 rings (SSSR count). The zero-order valence-electron chi connectivity index (χ0n) is 8.16. The fourth-order valence-corrected chi connectivity index (χ4v) is 1.24. The Hall–Kier alpha value is -1.38. The van der Waals surface area contributed by atoms with Gasteiger partial charge in [0.2, 0.25) is 0 Å². The highest BCUT2D eigenvalue weighted by Gasteiger charge is 2.12. The van der Waals surface area contributed by atoms with Gasteiger partial charge in [-0.1, -0.05) is 13.8 Å². The zero-order chi connectivity index (χ0) is 10.0. The molecule has 0 bridgehead atoms. The van der Waals surface area contributed by atoms with Gasteiger partial charge >= 0.3 is 0 Å². The lowest BCUT2D eigenvalue weighted by molar-refractivity contribution is 0.0998. The second-order valence-corrected chi connectivity index (χ2v) is 3.46. The number of aryl methyl sites for hydroxylation is 1. The monoisotopic (exact) mass is 178 g/mol. The second-order valence-electron chi connectivity index (χ2n) is 3.46. The number of pyridine rings is 1. The standard InChI is InChI=1S/C10H14N2O/c1-6(2)9-8(10(11)13)4-7(3)5-12-9/h4-6H,1-3H3,(H2,11,13). The van der Waals surface area contributed by atoms with Crippen LogP contribution in [-0.4, -0.2) is 10.9 Å². The highest BCUT2D eigenvalue weighted by atomic mass is 16.1. The predicted octanol–water partition coefficient (Wildman–Crippen LogP) is 1.61. The minimum Gasteiger partial charge on any atom is -0.366 e. The molecule has 0 fully saturated rings. The highest BCUT2D eigenvalue weighted by molar-refractivity contribution is 5.94. The van der Waals surface area contributed by atoms with E-state index < -0.39 is 5.91 Å². The van der Waals surface area contributed by atoms with Gasteiger partial charge in [-0.2, -0.15) is 0 Å². The molecule has 0 aliphatic heterocycles. The van der Waals surface area contributed by atoms with Gasteiger partial charge in [0.25, 0.3) is 5.91 Å². The Morgan fingerprint density at radius 3 is 2.62 bits per heavy atom. The normalized spacial score (nSPS) is 10.5. The van der Waals surface area contributed by atoms with Crippen LogP contribution in [-0.2, 0) is 0 Å². The first-order chi connectivity index (χ1) is 6.02. The Balaban J connectivity index is 3.27. The van der Waals surface area contributed by atoms with Gasteiger partial charge in [0.15, 0.2) is 0 Å². The number of hydrogen-bond acceptors (Lipinski definition) is 2. The molecule has 3 nitrogen and oxygen atoms in total. The van der Waals surface area contributed by atoms with E-state index in [2.05, 4.69) is 4.98 Å². The van der Waals surface area contributed by atoms with E-state index in [9.17, 15) is 4.79 Å². The van der Waals surface area contributed by atoms with Crippen molar-refractivity contribution in [3.05, 3.63) is 29.1 Å². The van der Waals surface area contributed by atoms with Crippen LogP contribution in [0.2, 0.25) is 0 Å². The third kappa shape index (κ3) is 2.05. The minimum atomic E-state index is -0.403. The largest absolute Gasteiger partial charge is 0.366 e. The molecule has 0 aliphatic rings. The van der Waals surface area contributed by atoms with Gasteiger partial charge in [-0.25, -0.2) is 0 Å². The summed E-state index contributed by atoms with van der Waals surface area (Å²) < 4.78 is 0. The van der Waals surface area contributed by atoms with Gasteiger partial charge < -0.3 is 5.73 Å². The lowest BCUT2D eigenvalue weighted by Crippen LogP contribution is -2.15. The van der Waals surface area contributed by atoms with Gasteiger partial charge in [-0.05, 0) is 24.5 Å². The molecule has 0 unspecified atom stereocenters. The Morgan fingerprint density at radius 1 is 1.54 bits per heavy atom. The number of hydrogen-bond donors (Lipinski definition) is 1.